The standard InChI is InChI=1S/C13H14INO/c14-11-6-4-5-10(9-11)13(16)15-12-7-2-1-3-8-12/h1-2,4-6,9,12H,3,7-8H2,(H,15,16). The maximum absolute atomic E-state index is 11.9. The van der Waals surface area contributed by atoms with Crippen molar-refractivity contribution in [3.05, 3.63) is 45.6 Å². The summed E-state index contributed by atoms with van der Waals surface area (Å²) in [6.07, 6.45) is 7.39. The zero-order valence-corrected chi connectivity index (χ0v) is 11.1. The molecule has 1 atom stereocenters. The molecule has 84 valence electrons. The van der Waals surface area contributed by atoms with Gasteiger partial charge in [-0.2, -0.15) is 0 Å². The highest BCUT2D eigenvalue weighted by Crippen LogP contribution is 2.12. The van der Waals surface area contributed by atoms with Gasteiger partial charge in [0.2, 0.25) is 0 Å². The molecule has 0 fully saturated rings. The van der Waals surface area contributed by atoms with E-state index in [1.807, 2.05) is 24.3 Å². The van der Waals surface area contributed by atoms with Crippen LogP contribution in [0.3, 0.4) is 0 Å². The van der Waals surface area contributed by atoms with Gasteiger partial charge < -0.3 is 5.32 Å². The van der Waals surface area contributed by atoms with Crippen LogP contribution in [-0.2, 0) is 0 Å². The lowest BCUT2D eigenvalue weighted by Crippen LogP contribution is -2.35. The lowest BCUT2D eigenvalue weighted by Gasteiger charge is -2.19. The third kappa shape index (κ3) is 3.07. The highest BCUT2D eigenvalue weighted by molar-refractivity contribution is 14.1. The van der Waals surface area contributed by atoms with Crippen LogP contribution in [0.1, 0.15) is 29.6 Å². The highest BCUT2D eigenvalue weighted by Gasteiger charge is 2.13. The quantitative estimate of drug-likeness (QED) is 0.656. The number of allylic oxidation sites excluding steroid dienone is 1. The number of hydrogen-bond acceptors (Lipinski definition) is 1. The maximum atomic E-state index is 11.9. The summed E-state index contributed by atoms with van der Waals surface area (Å²) in [5, 5.41) is 3.07. The van der Waals surface area contributed by atoms with E-state index in [4.69, 9.17) is 0 Å². The van der Waals surface area contributed by atoms with Gasteiger partial charge in [-0.05, 0) is 60.1 Å². The minimum atomic E-state index is 0.0406. The van der Waals surface area contributed by atoms with Crippen LogP contribution in [-0.4, -0.2) is 11.9 Å². The molecule has 2 rings (SSSR count). The Labute approximate surface area is 109 Å². The van der Waals surface area contributed by atoms with Crippen LogP contribution in [0.4, 0.5) is 0 Å². The first-order chi connectivity index (χ1) is 7.75. The minimum absolute atomic E-state index is 0.0406. The predicted octanol–water partition coefficient (Wildman–Crippen LogP) is 3.13. The molecule has 0 radical (unpaired) electrons. The van der Waals surface area contributed by atoms with E-state index in [2.05, 4.69) is 40.1 Å². The average Bonchev–Trinajstić information content (AvgIpc) is 2.30. The molecule has 3 heteroatoms. The lowest BCUT2D eigenvalue weighted by atomic mass is 10.0. The zero-order valence-electron chi connectivity index (χ0n) is 8.95. The second kappa shape index (κ2) is 5.48. The van der Waals surface area contributed by atoms with Gasteiger partial charge >= 0.3 is 0 Å². The summed E-state index contributed by atoms with van der Waals surface area (Å²) in [5.41, 5.74) is 0.751. The van der Waals surface area contributed by atoms with Gasteiger partial charge in [-0.25, -0.2) is 0 Å². The van der Waals surface area contributed by atoms with Crippen molar-refractivity contribution in [2.75, 3.05) is 0 Å². The molecule has 1 N–H and O–H groups in total. The molecule has 1 unspecified atom stereocenters. The van der Waals surface area contributed by atoms with Crippen molar-refractivity contribution >= 4 is 28.5 Å². The van der Waals surface area contributed by atoms with Gasteiger partial charge in [-0.3, -0.25) is 4.79 Å². The van der Waals surface area contributed by atoms with Crippen molar-refractivity contribution < 1.29 is 4.79 Å². The van der Waals surface area contributed by atoms with Crippen molar-refractivity contribution in [1.82, 2.24) is 5.32 Å². The summed E-state index contributed by atoms with van der Waals surface area (Å²) in [7, 11) is 0. The molecule has 0 heterocycles. The topological polar surface area (TPSA) is 29.1 Å². The molecule has 0 saturated carbocycles. The first-order valence-electron chi connectivity index (χ1n) is 5.47. The molecule has 1 aliphatic rings. The Kier molecular flexibility index (Phi) is 3.98. The zero-order chi connectivity index (χ0) is 11.4. The van der Waals surface area contributed by atoms with E-state index in [0.29, 0.717) is 6.04 Å². The maximum Gasteiger partial charge on any atom is 0.251 e. The van der Waals surface area contributed by atoms with E-state index in [0.717, 1.165) is 28.4 Å². The number of halogens is 1. The molecular weight excluding hydrogens is 313 g/mol. The molecule has 16 heavy (non-hydrogen) atoms. The Morgan fingerprint density at radius 2 is 2.25 bits per heavy atom. The first kappa shape index (κ1) is 11.6. The molecule has 1 aromatic rings. The Hall–Kier alpha value is -0.840. The molecule has 1 amide bonds. The van der Waals surface area contributed by atoms with Gasteiger partial charge in [0.05, 0.1) is 0 Å². The van der Waals surface area contributed by atoms with Crippen LogP contribution in [0.5, 0.6) is 0 Å². The van der Waals surface area contributed by atoms with Gasteiger partial charge in [0.15, 0.2) is 0 Å². The fourth-order valence-corrected chi connectivity index (χ4v) is 2.37. The van der Waals surface area contributed by atoms with Crippen molar-refractivity contribution in [3.63, 3.8) is 0 Å². The molecule has 0 saturated heterocycles. The Morgan fingerprint density at radius 1 is 1.38 bits per heavy atom. The van der Waals surface area contributed by atoms with Crippen LogP contribution in [0.2, 0.25) is 0 Å². The minimum Gasteiger partial charge on any atom is -0.349 e. The van der Waals surface area contributed by atoms with Crippen LogP contribution in [0.15, 0.2) is 36.4 Å². The molecule has 1 aromatic carbocycles. The van der Waals surface area contributed by atoms with Gasteiger partial charge in [0, 0.05) is 15.2 Å². The summed E-state index contributed by atoms with van der Waals surface area (Å²) < 4.78 is 1.09. The first-order valence-corrected chi connectivity index (χ1v) is 6.55. The van der Waals surface area contributed by atoms with Gasteiger partial charge in [0.1, 0.15) is 0 Å². The number of nitrogens with one attached hydrogen (secondary N) is 1. The van der Waals surface area contributed by atoms with Crippen molar-refractivity contribution in [2.45, 2.75) is 25.3 Å². The number of amides is 1. The molecular formula is C13H14INO. The third-order valence-corrected chi connectivity index (χ3v) is 3.36. The molecule has 2 nitrogen and oxygen atoms in total. The molecule has 0 bridgehead atoms. The van der Waals surface area contributed by atoms with Crippen molar-refractivity contribution in [2.24, 2.45) is 0 Å². The van der Waals surface area contributed by atoms with E-state index < -0.39 is 0 Å². The number of carbonyl (C=O) groups excluding carboxylic acids is 1. The summed E-state index contributed by atoms with van der Waals surface area (Å²) in [4.78, 5) is 11.9. The smallest absolute Gasteiger partial charge is 0.251 e. The molecule has 0 spiro atoms. The number of carbonyl (C=O) groups is 1. The van der Waals surface area contributed by atoms with E-state index in [1.54, 1.807) is 0 Å². The van der Waals surface area contributed by atoms with Crippen LogP contribution in [0.25, 0.3) is 0 Å². The van der Waals surface area contributed by atoms with Gasteiger partial charge in [-0.15, -0.1) is 0 Å². The predicted molar refractivity (Wildman–Crippen MR) is 73.4 cm³/mol. The van der Waals surface area contributed by atoms with E-state index >= 15 is 0 Å². The van der Waals surface area contributed by atoms with Crippen LogP contribution in [0, 0.1) is 3.57 Å². The highest BCUT2D eigenvalue weighted by atomic mass is 127. The van der Waals surface area contributed by atoms with Crippen molar-refractivity contribution in [1.29, 1.82) is 0 Å². The number of benzene rings is 1. The van der Waals surface area contributed by atoms with Crippen molar-refractivity contribution in [3.8, 4) is 0 Å². The Balaban J connectivity index is 2.00. The SMILES string of the molecule is O=C(NC1CC=CCC1)c1cccc(I)c1. The van der Waals surface area contributed by atoms with Gasteiger partial charge in [0.25, 0.3) is 5.91 Å². The van der Waals surface area contributed by atoms with E-state index in [-0.39, 0.29) is 5.91 Å². The molecule has 1 aliphatic carbocycles. The Morgan fingerprint density at radius 3 is 2.94 bits per heavy atom. The van der Waals surface area contributed by atoms with Crippen LogP contribution >= 0.6 is 22.6 Å². The average molecular weight is 327 g/mol. The second-order valence-corrected chi connectivity index (χ2v) is 5.21. The third-order valence-electron chi connectivity index (χ3n) is 2.69. The summed E-state index contributed by atoms with van der Waals surface area (Å²) >= 11 is 2.22. The normalized spacial score (nSPS) is 19.4. The molecule has 0 aliphatic heterocycles. The van der Waals surface area contributed by atoms with Crippen LogP contribution < -0.4 is 5.32 Å². The van der Waals surface area contributed by atoms with E-state index in [9.17, 15) is 4.79 Å². The summed E-state index contributed by atoms with van der Waals surface area (Å²) in [6.45, 7) is 0. The summed E-state index contributed by atoms with van der Waals surface area (Å²) in [5.74, 6) is 0.0406. The largest absolute Gasteiger partial charge is 0.349 e. The van der Waals surface area contributed by atoms with E-state index in [1.165, 1.54) is 0 Å². The molecule has 0 aromatic heterocycles. The summed E-state index contributed by atoms with van der Waals surface area (Å²) in [6, 6.07) is 7.97. The number of rotatable bonds is 2. The second-order valence-electron chi connectivity index (χ2n) is 3.97. The van der Waals surface area contributed by atoms with Gasteiger partial charge in [-0.1, -0.05) is 18.2 Å². The lowest BCUT2D eigenvalue weighted by molar-refractivity contribution is 0.0934. The Bertz CT molecular complexity index is 414. The fourth-order valence-electron chi connectivity index (χ4n) is 1.82. The number of hydrogen-bond donors (Lipinski definition) is 1. The fraction of sp³-hybridized carbons (Fsp3) is 0.308. The monoisotopic (exact) mass is 327 g/mol.